The van der Waals surface area contributed by atoms with E-state index >= 15 is 0 Å². The summed E-state index contributed by atoms with van der Waals surface area (Å²) < 4.78 is 27.4. The van der Waals surface area contributed by atoms with Crippen LogP contribution in [0.15, 0.2) is 54.2 Å². The Morgan fingerprint density at radius 2 is 1.61 bits per heavy atom. The van der Waals surface area contributed by atoms with Gasteiger partial charge in [-0.05, 0) is 12.1 Å². The second-order valence-corrected chi connectivity index (χ2v) is 4.78. The summed E-state index contributed by atoms with van der Waals surface area (Å²) in [7, 11) is 0. The van der Waals surface area contributed by atoms with Gasteiger partial charge in [0.1, 0.15) is 17.1 Å². The number of phenolic OH excluding ortho intramolecular Hbond substituents is 1. The summed E-state index contributed by atoms with van der Waals surface area (Å²) in [5.41, 5.74) is -0.533. The van der Waals surface area contributed by atoms with Crippen molar-refractivity contribution in [3.8, 4) is 5.75 Å². The van der Waals surface area contributed by atoms with Crippen LogP contribution in [0.4, 0.5) is 20.2 Å². The Balaban J connectivity index is 1.90. The zero-order chi connectivity index (χ0) is 16.6. The SMILES string of the molecule is O=C1C=C(Nc2c(F)cc(O)cc2F)C(=O)N1c1ccccc1. The number of nitrogens with zero attached hydrogens (tertiary/aromatic N) is 1. The molecule has 2 aromatic carbocycles. The Morgan fingerprint density at radius 1 is 1.00 bits per heavy atom. The molecule has 0 radical (unpaired) electrons. The van der Waals surface area contributed by atoms with Crippen LogP contribution in [0, 0.1) is 11.6 Å². The van der Waals surface area contributed by atoms with Gasteiger partial charge in [0, 0.05) is 18.2 Å². The lowest BCUT2D eigenvalue weighted by atomic mass is 10.2. The van der Waals surface area contributed by atoms with E-state index in [1.807, 2.05) is 0 Å². The zero-order valence-electron chi connectivity index (χ0n) is 11.6. The maximum absolute atomic E-state index is 13.7. The number of anilines is 2. The highest BCUT2D eigenvalue weighted by Gasteiger charge is 2.33. The molecule has 0 saturated heterocycles. The average molecular weight is 316 g/mol. The molecule has 23 heavy (non-hydrogen) atoms. The Hall–Kier alpha value is -3.22. The third kappa shape index (κ3) is 2.64. The number of phenols is 1. The van der Waals surface area contributed by atoms with Gasteiger partial charge in [-0.15, -0.1) is 0 Å². The highest BCUT2D eigenvalue weighted by atomic mass is 19.1. The number of nitrogens with one attached hydrogen (secondary N) is 1. The van der Waals surface area contributed by atoms with Crippen LogP contribution in [-0.4, -0.2) is 16.9 Å². The first-order valence-corrected chi connectivity index (χ1v) is 6.57. The molecule has 0 aliphatic carbocycles. The van der Waals surface area contributed by atoms with Crippen molar-refractivity contribution in [1.29, 1.82) is 0 Å². The predicted octanol–water partition coefficient (Wildman–Crippen LogP) is 2.54. The molecule has 0 aromatic heterocycles. The van der Waals surface area contributed by atoms with Crippen molar-refractivity contribution in [3.05, 3.63) is 65.9 Å². The molecule has 0 saturated carbocycles. The predicted molar refractivity (Wildman–Crippen MR) is 78.7 cm³/mol. The molecule has 5 nitrogen and oxygen atoms in total. The number of aromatic hydroxyl groups is 1. The van der Waals surface area contributed by atoms with Crippen LogP contribution in [0.5, 0.6) is 5.75 Å². The smallest absolute Gasteiger partial charge is 0.281 e. The van der Waals surface area contributed by atoms with Gasteiger partial charge < -0.3 is 10.4 Å². The van der Waals surface area contributed by atoms with Crippen LogP contribution in [0.3, 0.4) is 0 Å². The molecule has 0 spiro atoms. The second-order valence-electron chi connectivity index (χ2n) is 4.78. The first-order chi connectivity index (χ1) is 11.0. The van der Waals surface area contributed by atoms with E-state index in [0.29, 0.717) is 17.8 Å². The van der Waals surface area contributed by atoms with Crippen molar-refractivity contribution < 1.29 is 23.5 Å². The molecular weight excluding hydrogens is 306 g/mol. The largest absolute Gasteiger partial charge is 0.508 e. The number of para-hydroxylation sites is 1. The number of hydrogen-bond acceptors (Lipinski definition) is 4. The number of halogens is 2. The van der Waals surface area contributed by atoms with Gasteiger partial charge in [0.2, 0.25) is 0 Å². The minimum Gasteiger partial charge on any atom is -0.508 e. The number of carbonyl (C=O) groups excluding carboxylic acids is 2. The van der Waals surface area contributed by atoms with Gasteiger partial charge in [-0.3, -0.25) is 9.59 Å². The Morgan fingerprint density at radius 3 is 2.22 bits per heavy atom. The Kier molecular flexibility index (Phi) is 3.53. The molecular formula is C16H10F2N2O3. The summed E-state index contributed by atoms with van der Waals surface area (Å²) in [6.07, 6.45) is 0.959. The molecule has 1 heterocycles. The molecule has 0 bridgehead atoms. The highest BCUT2D eigenvalue weighted by molar-refractivity contribution is 6.31. The van der Waals surface area contributed by atoms with Crippen molar-refractivity contribution >= 4 is 23.2 Å². The number of carbonyl (C=O) groups is 2. The third-order valence-corrected chi connectivity index (χ3v) is 3.22. The van der Waals surface area contributed by atoms with E-state index in [0.717, 1.165) is 11.0 Å². The van der Waals surface area contributed by atoms with Crippen LogP contribution >= 0.6 is 0 Å². The van der Waals surface area contributed by atoms with Crippen LogP contribution in [0.1, 0.15) is 0 Å². The average Bonchev–Trinajstić information content (AvgIpc) is 2.78. The standard InChI is InChI=1S/C16H10F2N2O3/c17-11-6-10(21)7-12(18)15(11)19-13-8-14(22)20(16(13)23)9-4-2-1-3-5-9/h1-8,19,21H. The second kappa shape index (κ2) is 5.53. The van der Waals surface area contributed by atoms with E-state index in [9.17, 15) is 18.4 Å². The van der Waals surface area contributed by atoms with Crippen molar-refractivity contribution in [2.45, 2.75) is 0 Å². The number of amides is 2. The summed E-state index contributed by atoms with van der Waals surface area (Å²) in [5, 5.41) is 11.4. The highest BCUT2D eigenvalue weighted by Crippen LogP contribution is 2.28. The molecule has 116 valence electrons. The van der Waals surface area contributed by atoms with E-state index in [4.69, 9.17) is 5.11 Å². The number of hydrogen-bond donors (Lipinski definition) is 2. The van der Waals surface area contributed by atoms with Gasteiger partial charge in [0.25, 0.3) is 11.8 Å². The zero-order valence-corrected chi connectivity index (χ0v) is 11.6. The number of imide groups is 1. The molecule has 7 heteroatoms. The van der Waals surface area contributed by atoms with Crippen molar-refractivity contribution in [2.24, 2.45) is 0 Å². The molecule has 2 aromatic rings. The number of rotatable bonds is 3. The van der Waals surface area contributed by atoms with Crippen LogP contribution in [-0.2, 0) is 9.59 Å². The van der Waals surface area contributed by atoms with Crippen LogP contribution in [0.2, 0.25) is 0 Å². The van der Waals surface area contributed by atoms with Crippen molar-refractivity contribution in [1.82, 2.24) is 0 Å². The normalized spacial score (nSPS) is 14.2. The lowest BCUT2D eigenvalue weighted by Gasteiger charge is -2.15. The fraction of sp³-hybridized carbons (Fsp3) is 0. The minimum absolute atomic E-state index is 0.262. The quantitative estimate of drug-likeness (QED) is 0.674. The lowest BCUT2D eigenvalue weighted by molar-refractivity contribution is -0.120. The van der Waals surface area contributed by atoms with Crippen molar-refractivity contribution in [2.75, 3.05) is 10.2 Å². The maximum atomic E-state index is 13.7. The minimum atomic E-state index is -1.08. The molecule has 3 rings (SSSR count). The third-order valence-electron chi connectivity index (χ3n) is 3.22. The van der Waals surface area contributed by atoms with Gasteiger partial charge in [-0.1, -0.05) is 18.2 Å². The van der Waals surface area contributed by atoms with Crippen LogP contribution < -0.4 is 10.2 Å². The summed E-state index contributed by atoms with van der Waals surface area (Å²) >= 11 is 0. The first-order valence-electron chi connectivity index (χ1n) is 6.57. The topological polar surface area (TPSA) is 69.6 Å². The van der Waals surface area contributed by atoms with Crippen LogP contribution in [0.25, 0.3) is 0 Å². The summed E-state index contributed by atoms with van der Waals surface area (Å²) in [4.78, 5) is 25.1. The fourth-order valence-corrected chi connectivity index (χ4v) is 2.20. The number of benzene rings is 2. The monoisotopic (exact) mass is 316 g/mol. The van der Waals surface area contributed by atoms with E-state index < -0.39 is 34.9 Å². The van der Waals surface area contributed by atoms with Gasteiger partial charge in [-0.2, -0.15) is 0 Å². The van der Waals surface area contributed by atoms with Gasteiger partial charge in [0.05, 0.1) is 5.69 Å². The van der Waals surface area contributed by atoms with E-state index in [-0.39, 0.29) is 5.70 Å². The van der Waals surface area contributed by atoms with E-state index in [1.165, 1.54) is 0 Å². The molecule has 0 atom stereocenters. The molecule has 0 fully saturated rings. The Labute approximate surface area is 129 Å². The fourth-order valence-electron chi connectivity index (χ4n) is 2.20. The van der Waals surface area contributed by atoms with E-state index in [1.54, 1.807) is 30.3 Å². The molecule has 2 N–H and O–H groups in total. The summed E-state index contributed by atoms with van der Waals surface area (Å²) in [6, 6.07) is 9.55. The Bertz CT molecular complexity index is 811. The molecule has 2 amide bonds. The maximum Gasteiger partial charge on any atom is 0.281 e. The molecule has 0 unspecified atom stereocenters. The van der Waals surface area contributed by atoms with Gasteiger partial charge in [-0.25, -0.2) is 13.7 Å². The summed E-state index contributed by atoms with van der Waals surface area (Å²) in [5.74, 6) is -4.10. The van der Waals surface area contributed by atoms with E-state index in [2.05, 4.69) is 5.32 Å². The lowest BCUT2D eigenvalue weighted by Crippen LogP contribution is -2.32. The van der Waals surface area contributed by atoms with Crippen molar-refractivity contribution in [3.63, 3.8) is 0 Å². The molecule has 1 aliphatic rings. The summed E-state index contributed by atoms with van der Waals surface area (Å²) in [6.45, 7) is 0. The molecule has 1 aliphatic heterocycles. The first kappa shape index (κ1) is 14.7. The van der Waals surface area contributed by atoms with Gasteiger partial charge >= 0.3 is 0 Å². The van der Waals surface area contributed by atoms with Gasteiger partial charge in [0.15, 0.2) is 11.6 Å².